The van der Waals surface area contributed by atoms with Gasteiger partial charge in [0, 0.05) is 23.2 Å². The van der Waals surface area contributed by atoms with Crippen LogP contribution < -0.4 is 5.32 Å². The number of carbonyl (C=O) groups is 1. The van der Waals surface area contributed by atoms with Crippen molar-refractivity contribution in [2.45, 2.75) is 13.5 Å². The second kappa shape index (κ2) is 6.67. The summed E-state index contributed by atoms with van der Waals surface area (Å²) in [5, 5.41) is 4.31. The maximum absolute atomic E-state index is 12.7. The van der Waals surface area contributed by atoms with Gasteiger partial charge in [0.05, 0.1) is 5.02 Å². The van der Waals surface area contributed by atoms with E-state index in [4.69, 9.17) is 16.0 Å². The number of furan rings is 1. The predicted molar refractivity (Wildman–Crippen MR) is 97.7 cm³/mol. The molecule has 0 bridgehead atoms. The van der Waals surface area contributed by atoms with E-state index in [1.807, 2.05) is 57.4 Å². The quantitative estimate of drug-likeness (QED) is 0.747. The Morgan fingerprint density at radius 3 is 2.62 bits per heavy atom. The average molecular weight is 343 g/mol. The van der Waals surface area contributed by atoms with Gasteiger partial charge in [0.2, 0.25) is 0 Å². The Morgan fingerprint density at radius 1 is 1.17 bits per heavy atom. The molecule has 0 saturated heterocycles. The van der Waals surface area contributed by atoms with Gasteiger partial charge in [-0.05, 0) is 38.7 Å². The molecule has 0 aliphatic heterocycles. The highest BCUT2D eigenvalue weighted by atomic mass is 35.5. The largest absolute Gasteiger partial charge is 0.449 e. The van der Waals surface area contributed by atoms with Crippen molar-refractivity contribution in [2.75, 3.05) is 19.4 Å². The Bertz CT molecular complexity index is 900. The van der Waals surface area contributed by atoms with Crippen molar-refractivity contribution >= 4 is 34.2 Å². The predicted octanol–water partition coefficient (Wildman–Crippen LogP) is 4.71. The van der Waals surface area contributed by atoms with Crippen LogP contribution in [-0.2, 0) is 6.54 Å². The molecule has 3 aromatic rings. The number of halogens is 1. The van der Waals surface area contributed by atoms with Gasteiger partial charge in [-0.15, -0.1) is 0 Å². The number of carbonyl (C=O) groups excluding carboxylic acids is 1. The Morgan fingerprint density at radius 2 is 1.92 bits per heavy atom. The van der Waals surface area contributed by atoms with Crippen LogP contribution in [0.2, 0.25) is 5.02 Å². The molecule has 5 heteroatoms. The number of nitrogens with one attached hydrogen (secondary N) is 1. The van der Waals surface area contributed by atoms with Crippen molar-refractivity contribution in [1.29, 1.82) is 0 Å². The summed E-state index contributed by atoms with van der Waals surface area (Å²) in [6, 6.07) is 13.2. The van der Waals surface area contributed by atoms with Gasteiger partial charge in [-0.1, -0.05) is 41.9 Å². The number of hydrogen-bond donors (Lipinski definition) is 1. The Hall–Kier alpha value is -2.30. The second-order valence-electron chi connectivity index (χ2n) is 6.02. The number of amides is 1. The van der Waals surface area contributed by atoms with Crippen molar-refractivity contribution in [3.8, 4) is 0 Å². The highest BCUT2D eigenvalue weighted by molar-refractivity contribution is 6.35. The molecule has 0 fully saturated rings. The average Bonchev–Trinajstić information content (AvgIpc) is 2.88. The normalized spacial score (nSPS) is 11.2. The summed E-state index contributed by atoms with van der Waals surface area (Å²) in [5.74, 6) is 0.0173. The molecule has 0 aliphatic carbocycles. The van der Waals surface area contributed by atoms with Crippen molar-refractivity contribution in [3.63, 3.8) is 0 Å². The Kier molecular flexibility index (Phi) is 4.60. The minimum absolute atomic E-state index is 0.272. The number of rotatable bonds is 4. The number of anilines is 1. The van der Waals surface area contributed by atoms with Gasteiger partial charge in [0.1, 0.15) is 0 Å². The lowest BCUT2D eigenvalue weighted by Crippen LogP contribution is -2.16. The van der Waals surface area contributed by atoms with Crippen molar-refractivity contribution in [2.24, 2.45) is 0 Å². The molecule has 0 unspecified atom stereocenters. The lowest BCUT2D eigenvalue weighted by Gasteiger charge is -2.14. The summed E-state index contributed by atoms with van der Waals surface area (Å²) in [5.41, 5.74) is 3.16. The summed E-state index contributed by atoms with van der Waals surface area (Å²) in [6.45, 7) is 2.60. The van der Waals surface area contributed by atoms with Crippen LogP contribution in [0.15, 0.2) is 46.9 Å². The highest BCUT2D eigenvalue weighted by Crippen LogP contribution is 2.31. The minimum Gasteiger partial charge on any atom is -0.449 e. The maximum atomic E-state index is 12.7. The smallest absolute Gasteiger partial charge is 0.291 e. The minimum atomic E-state index is -0.272. The zero-order valence-electron chi connectivity index (χ0n) is 13.9. The fourth-order valence-electron chi connectivity index (χ4n) is 2.73. The number of hydrogen-bond acceptors (Lipinski definition) is 3. The molecular formula is C19H19ClN2O2. The van der Waals surface area contributed by atoms with Gasteiger partial charge >= 0.3 is 0 Å². The molecule has 0 saturated carbocycles. The van der Waals surface area contributed by atoms with Crippen LogP contribution in [0.5, 0.6) is 0 Å². The summed E-state index contributed by atoms with van der Waals surface area (Å²) in [4.78, 5) is 14.7. The Balaban J connectivity index is 1.94. The maximum Gasteiger partial charge on any atom is 0.291 e. The molecule has 0 atom stereocenters. The zero-order chi connectivity index (χ0) is 17.3. The summed E-state index contributed by atoms with van der Waals surface area (Å²) in [7, 11) is 3.98. The molecule has 0 spiro atoms. The third-order valence-corrected chi connectivity index (χ3v) is 4.17. The summed E-state index contributed by atoms with van der Waals surface area (Å²) in [6.07, 6.45) is 0. The van der Waals surface area contributed by atoms with Crippen LogP contribution in [0.25, 0.3) is 11.0 Å². The van der Waals surface area contributed by atoms with E-state index < -0.39 is 0 Å². The third kappa shape index (κ3) is 3.16. The molecule has 2 aromatic carbocycles. The molecule has 1 heterocycles. The van der Waals surface area contributed by atoms with Crippen LogP contribution in [0, 0.1) is 6.92 Å². The number of nitrogens with zero attached hydrogens (tertiary/aromatic N) is 1. The molecule has 4 nitrogen and oxygen atoms in total. The van der Waals surface area contributed by atoms with E-state index in [2.05, 4.69) is 10.2 Å². The number of aryl methyl sites for hydroxylation is 1. The van der Waals surface area contributed by atoms with Crippen LogP contribution in [0.4, 0.5) is 5.69 Å². The van der Waals surface area contributed by atoms with E-state index in [-0.39, 0.29) is 11.7 Å². The number of benzene rings is 2. The van der Waals surface area contributed by atoms with Crippen LogP contribution in [0.3, 0.4) is 0 Å². The lowest BCUT2D eigenvalue weighted by atomic mass is 10.1. The lowest BCUT2D eigenvalue weighted by molar-refractivity contribution is 0.0997. The van der Waals surface area contributed by atoms with E-state index >= 15 is 0 Å². The first kappa shape index (κ1) is 16.6. The van der Waals surface area contributed by atoms with Crippen LogP contribution >= 0.6 is 11.6 Å². The highest BCUT2D eigenvalue weighted by Gasteiger charge is 2.19. The topological polar surface area (TPSA) is 45.5 Å². The monoisotopic (exact) mass is 342 g/mol. The third-order valence-electron chi connectivity index (χ3n) is 3.87. The first-order valence-corrected chi connectivity index (χ1v) is 8.06. The fraction of sp³-hybridized carbons (Fsp3) is 0.211. The second-order valence-corrected chi connectivity index (χ2v) is 6.43. The van der Waals surface area contributed by atoms with Gasteiger partial charge in [0.15, 0.2) is 11.3 Å². The molecule has 124 valence electrons. The van der Waals surface area contributed by atoms with E-state index in [1.54, 1.807) is 6.07 Å². The summed E-state index contributed by atoms with van der Waals surface area (Å²) >= 11 is 6.16. The first-order valence-electron chi connectivity index (χ1n) is 7.69. The van der Waals surface area contributed by atoms with E-state index in [1.165, 1.54) is 0 Å². The van der Waals surface area contributed by atoms with E-state index in [9.17, 15) is 4.79 Å². The van der Waals surface area contributed by atoms with E-state index in [0.717, 1.165) is 28.7 Å². The van der Waals surface area contributed by atoms with Crippen LogP contribution in [-0.4, -0.2) is 24.9 Å². The van der Waals surface area contributed by atoms with Gasteiger partial charge in [-0.25, -0.2) is 0 Å². The first-order chi connectivity index (χ1) is 11.5. The fourth-order valence-corrected chi connectivity index (χ4v) is 2.94. The molecule has 0 aliphatic rings. The molecule has 1 N–H and O–H groups in total. The molecule has 1 aromatic heterocycles. The molecule has 3 rings (SSSR count). The number of fused-ring (bicyclic) bond motifs is 1. The molecule has 0 radical (unpaired) electrons. The molecule has 24 heavy (non-hydrogen) atoms. The summed E-state index contributed by atoms with van der Waals surface area (Å²) < 4.78 is 5.73. The van der Waals surface area contributed by atoms with Crippen molar-refractivity contribution in [3.05, 3.63) is 64.4 Å². The molecular weight excluding hydrogens is 324 g/mol. The molecule has 1 amide bonds. The zero-order valence-corrected chi connectivity index (χ0v) is 14.6. The Labute approximate surface area is 146 Å². The van der Waals surface area contributed by atoms with Crippen molar-refractivity contribution < 1.29 is 9.21 Å². The number of para-hydroxylation sites is 2. The SMILES string of the molecule is Cc1c(C(=O)Nc2ccccc2CN(C)C)oc2c(Cl)cccc12. The standard InChI is InChI=1S/C19H19ClN2O2/c1-12-14-8-6-9-15(20)18(14)24-17(12)19(23)21-16-10-5-4-7-13(16)11-22(2)3/h4-10H,11H2,1-3H3,(H,21,23). The van der Waals surface area contributed by atoms with Gasteiger partial charge < -0.3 is 14.6 Å². The van der Waals surface area contributed by atoms with Crippen LogP contribution in [0.1, 0.15) is 21.7 Å². The van der Waals surface area contributed by atoms with Gasteiger partial charge in [0.25, 0.3) is 5.91 Å². The van der Waals surface area contributed by atoms with Crippen molar-refractivity contribution in [1.82, 2.24) is 4.90 Å². The van der Waals surface area contributed by atoms with Gasteiger partial charge in [-0.2, -0.15) is 0 Å². The van der Waals surface area contributed by atoms with E-state index in [0.29, 0.717) is 10.6 Å². The van der Waals surface area contributed by atoms with Gasteiger partial charge in [-0.3, -0.25) is 4.79 Å².